The molecule has 0 atom stereocenters. The van der Waals surface area contributed by atoms with Gasteiger partial charge in [-0.2, -0.15) is 4.98 Å². The summed E-state index contributed by atoms with van der Waals surface area (Å²) in [7, 11) is -5.39. The standard InChI is InChI=1S/C28H25ClF2N5O4SSi/c1-5-22(37)34-12-13-35(42(4)15-34)26-17-14-20(31)24(23-18(29)9-7-10-19(23)30)32-27(17)36(28(38)33-26)25-16(2)8-6-11-21(25)41(3,39)40/h5-11,14H,1,12-13,15H2,2-4H3. The third-order valence-electron chi connectivity index (χ3n) is 7.04. The first-order valence-electron chi connectivity index (χ1n) is 12.7. The molecule has 1 aliphatic heterocycles. The predicted octanol–water partition coefficient (Wildman–Crippen LogP) is 4.09. The van der Waals surface area contributed by atoms with Crippen molar-refractivity contribution < 1.29 is 22.0 Å². The van der Waals surface area contributed by atoms with Crippen LogP contribution in [0.5, 0.6) is 0 Å². The maximum Gasteiger partial charge on any atom is 0.355 e. The molecule has 2 aromatic carbocycles. The van der Waals surface area contributed by atoms with Crippen LogP contribution in [0.25, 0.3) is 28.0 Å². The topological polar surface area (TPSA) is 105 Å². The summed E-state index contributed by atoms with van der Waals surface area (Å²) in [6, 6.07) is 9.48. The van der Waals surface area contributed by atoms with Crippen LogP contribution in [0.1, 0.15) is 5.56 Å². The summed E-state index contributed by atoms with van der Waals surface area (Å²) in [4.78, 5) is 36.3. The number of pyridine rings is 1. The molecule has 0 spiro atoms. The van der Waals surface area contributed by atoms with Gasteiger partial charge in [-0.15, -0.1) is 0 Å². The van der Waals surface area contributed by atoms with Gasteiger partial charge in [0.25, 0.3) is 0 Å². The number of amides is 1. The van der Waals surface area contributed by atoms with Gasteiger partial charge in [0.15, 0.2) is 30.3 Å². The molecular formula is C28H25ClF2N5O4SSi. The lowest BCUT2D eigenvalue weighted by molar-refractivity contribution is -0.125. The maximum atomic E-state index is 15.8. The van der Waals surface area contributed by atoms with Crippen molar-refractivity contribution in [3.63, 3.8) is 0 Å². The highest BCUT2D eigenvalue weighted by atomic mass is 35.5. The van der Waals surface area contributed by atoms with Gasteiger partial charge >= 0.3 is 5.69 Å². The first kappa shape index (κ1) is 29.5. The molecule has 1 radical (unpaired) electrons. The number of rotatable bonds is 5. The molecule has 0 N–H and O–H groups in total. The van der Waals surface area contributed by atoms with E-state index in [2.05, 4.69) is 16.5 Å². The van der Waals surface area contributed by atoms with E-state index in [-0.39, 0.29) is 43.9 Å². The number of hydrogen-bond donors (Lipinski definition) is 0. The van der Waals surface area contributed by atoms with Crippen LogP contribution in [0, 0.1) is 18.6 Å². The Balaban J connectivity index is 1.86. The summed E-state index contributed by atoms with van der Waals surface area (Å²) in [5, 5.41) is 0.0116. The number of benzene rings is 2. The van der Waals surface area contributed by atoms with E-state index in [0.717, 1.165) is 23.0 Å². The largest absolute Gasteiger partial charge is 0.379 e. The van der Waals surface area contributed by atoms with Gasteiger partial charge in [0.05, 0.1) is 26.6 Å². The van der Waals surface area contributed by atoms with Crippen LogP contribution in [-0.4, -0.2) is 68.2 Å². The minimum atomic E-state index is -3.85. The monoisotopic (exact) mass is 628 g/mol. The van der Waals surface area contributed by atoms with Crippen molar-refractivity contribution in [3.05, 3.63) is 87.8 Å². The lowest BCUT2D eigenvalue weighted by atomic mass is 10.1. The van der Waals surface area contributed by atoms with Crippen LogP contribution in [-0.2, 0) is 14.6 Å². The zero-order valence-electron chi connectivity index (χ0n) is 22.9. The number of aromatic nitrogens is 3. The molecule has 1 aliphatic rings. The third-order valence-corrected chi connectivity index (χ3v) is 10.7. The fourth-order valence-electron chi connectivity index (χ4n) is 5.09. The van der Waals surface area contributed by atoms with E-state index >= 15 is 4.39 Å². The molecule has 2 aromatic heterocycles. The highest BCUT2D eigenvalue weighted by Crippen LogP contribution is 2.36. The van der Waals surface area contributed by atoms with Gasteiger partial charge in [-0.25, -0.2) is 31.5 Å². The van der Waals surface area contributed by atoms with E-state index in [1.54, 1.807) is 17.9 Å². The number of halogens is 3. The molecule has 0 bridgehead atoms. The lowest BCUT2D eigenvalue weighted by Crippen LogP contribution is -2.57. The van der Waals surface area contributed by atoms with Crippen LogP contribution in [0.4, 0.5) is 14.6 Å². The fourth-order valence-corrected chi connectivity index (χ4v) is 8.32. The van der Waals surface area contributed by atoms with Crippen molar-refractivity contribution in [2.75, 3.05) is 30.1 Å². The average molecular weight is 629 g/mol. The van der Waals surface area contributed by atoms with Crippen LogP contribution in [0.15, 0.2) is 64.8 Å². The van der Waals surface area contributed by atoms with E-state index < -0.39 is 41.8 Å². The third kappa shape index (κ3) is 5.12. The molecule has 217 valence electrons. The van der Waals surface area contributed by atoms with E-state index in [0.29, 0.717) is 24.8 Å². The molecule has 3 heterocycles. The molecule has 0 aliphatic carbocycles. The molecule has 14 heteroatoms. The van der Waals surface area contributed by atoms with Crippen molar-refractivity contribution in [1.82, 2.24) is 19.4 Å². The molecule has 1 fully saturated rings. The number of nitrogens with zero attached hydrogens (tertiary/aromatic N) is 5. The second-order valence-electron chi connectivity index (χ2n) is 9.88. The van der Waals surface area contributed by atoms with Gasteiger partial charge in [0, 0.05) is 25.5 Å². The number of aryl methyl sites for hydroxylation is 1. The average Bonchev–Trinajstić information content (AvgIpc) is 2.92. The molecule has 42 heavy (non-hydrogen) atoms. The predicted molar refractivity (Wildman–Crippen MR) is 159 cm³/mol. The molecular weight excluding hydrogens is 604 g/mol. The SMILES string of the molecule is C=CC(=O)N1CCN(c2nc(=O)n(-c3c(C)cccc3S(C)(=O)=O)c3nc(-c4c(F)cccc4Cl)c(F)cc23)[Si](C)C1. The first-order valence-corrected chi connectivity index (χ1v) is 17.1. The van der Waals surface area contributed by atoms with Gasteiger partial charge in [-0.05, 0) is 42.8 Å². The van der Waals surface area contributed by atoms with Crippen LogP contribution in [0.2, 0.25) is 11.6 Å². The van der Waals surface area contributed by atoms with Crippen molar-refractivity contribution in [3.8, 4) is 16.9 Å². The molecule has 5 rings (SSSR count). The van der Waals surface area contributed by atoms with E-state index in [1.165, 1.54) is 30.3 Å². The first-order chi connectivity index (χ1) is 19.8. The van der Waals surface area contributed by atoms with Gasteiger partial charge < -0.3 is 9.47 Å². The Morgan fingerprint density at radius 3 is 2.48 bits per heavy atom. The fraction of sp³-hybridized carbons (Fsp3) is 0.214. The van der Waals surface area contributed by atoms with Crippen molar-refractivity contribution in [2.24, 2.45) is 0 Å². The number of para-hydroxylation sites is 1. The number of carbonyl (C=O) groups is 1. The van der Waals surface area contributed by atoms with E-state index in [4.69, 9.17) is 11.6 Å². The summed E-state index contributed by atoms with van der Waals surface area (Å²) in [6.45, 7) is 7.70. The number of hydrogen-bond acceptors (Lipinski definition) is 7. The van der Waals surface area contributed by atoms with Gasteiger partial charge in [0.2, 0.25) is 5.91 Å². The van der Waals surface area contributed by atoms with Gasteiger partial charge in [-0.1, -0.05) is 42.9 Å². The van der Waals surface area contributed by atoms with E-state index in [1.807, 2.05) is 11.1 Å². The normalized spacial score (nSPS) is 14.4. The molecule has 0 saturated carbocycles. The highest BCUT2D eigenvalue weighted by Gasteiger charge is 2.32. The Bertz CT molecular complexity index is 1930. The van der Waals surface area contributed by atoms with Gasteiger partial charge in [-0.3, -0.25) is 4.79 Å². The Labute approximate surface area is 247 Å². The lowest BCUT2D eigenvalue weighted by Gasteiger charge is -2.39. The summed E-state index contributed by atoms with van der Waals surface area (Å²) < 4.78 is 59.3. The summed E-state index contributed by atoms with van der Waals surface area (Å²) in [5.41, 5.74) is -1.32. The molecule has 4 aromatic rings. The Hall–Kier alpha value is -3.94. The summed E-state index contributed by atoms with van der Waals surface area (Å²) >= 11 is 6.26. The summed E-state index contributed by atoms with van der Waals surface area (Å²) in [5.74, 6) is -1.83. The Morgan fingerprint density at radius 1 is 1.12 bits per heavy atom. The van der Waals surface area contributed by atoms with Crippen molar-refractivity contribution in [2.45, 2.75) is 18.4 Å². The number of anilines is 1. The second-order valence-corrected chi connectivity index (χ2v) is 14.6. The maximum absolute atomic E-state index is 15.8. The molecule has 1 saturated heterocycles. The Kier molecular flexibility index (Phi) is 7.77. The molecule has 9 nitrogen and oxygen atoms in total. The second kappa shape index (κ2) is 11.0. The Morgan fingerprint density at radius 2 is 1.83 bits per heavy atom. The minimum absolute atomic E-state index is 0.00201. The number of carbonyl (C=O) groups excluding carboxylic acids is 1. The number of sulfone groups is 1. The smallest absolute Gasteiger partial charge is 0.355 e. The zero-order chi connectivity index (χ0) is 30.5. The van der Waals surface area contributed by atoms with Crippen molar-refractivity contribution >= 4 is 53.2 Å². The minimum Gasteiger partial charge on any atom is -0.379 e. The van der Waals surface area contributed by atoms with Crippen molar-refractivity contribution in [1.29, 1.82) is 0 Å². The van der Waals surface area contributed by atoms with Gasteiger partial charge in [0.1, 0.15) is 17.3 Å². The molecule has 1 amide bonds. The number of fused-ring (bicyclic) bond motifs is 1. The molecule has 0 unspecified atom stereocenters. The van der Waals surface area contributed by atoms with Crippen LogP contribution < -0.4 is 10.3 Å². The highest BCUT2D eigenvalue weighted by molar-refractivity contribution is 7.90. The van der Waals surface area contributed by atoms with Crippen LogP contribution in [0.3, 0.4) is 0 Å². The quantitative estimate of drug-likeness (QED) is 0.242. The summed E-state index contributed by atoms with van der Waals surface area (Å²) in [6.07, 6.45) is 2.63. The van der Waals surface area contributed by atoms with Crippen LogP contribution >= 0.6 is 11.6 Å². The van der Waals surface area contributed by atoms with E-state index in [9.17, 15) is 22.4 Å². The zero-order valence-corrected chi connectivity index (χ0v) is 25.4.